The molecule has 2 heterocycles. The lowest BCUT2D eigenvalue weighted by Gasteiger charge is -2.30. The zero-order valence-corrected chi connectivity index (χ0v) is 18.5. The minimum atomic E-state index is -0.194. The summed E-state index contributed by atoms with van der Waals surface area (Å²) >= 11 is 6.13. The van der Waals surface area contributed by atoms with Crippen LogP contribution in [-0.4, -0.2) is 28.6 Å². The Morgan fingerprint density at radius 2 is 1.97 bits per heavy atom. The molecule has 4 aromatic rings. The molecule has 0 unspecified atom stereocenters. The number of nitrogens with zero attached hydrogens (tertiary/aromatic N) is 3. The molecule has 1 N–H and O–H groups in total. The highest BCUT2D eigenvalue weighted by Crippen LogP contribution is 2.27. The molecule has 1 amide bonds. The summed E-state index contributed by atoms with van der Waals surface area (Å²) in [6.45, 7) is 4.34. The smallest absolute Gasteiger partial charge is 0.262 e. The molecule has 1 aliphatic heterocycles. The third kappa shape index (κ3) is 4.27. The van der Waals surface area contributed by atoms with Crippen molar-refractivity contribution in [2.75, 3.05) is 23.4 Å². The Morgan fingerprint density at radius 3 is 2.84 bits per heavy atom. The predicted octanol–water partition coefficient (Wildman–Crippen LogP) is 5.04. The van der Waals surface area contributed by atoms with Gasteiger partial charge in [-0.3, -0.25) is 4.79 Å². The number of rotatable bonds is 5. The van der Waals surface area contributed by atoms with Crippen molar-refractivity contribution in [1.82, 2.24) is 9.55 Å². The Labute approximate surface area is 191 Å². The van der Waals surface area contributed by atoms with Gasteiger partial charge in [0, 0.05) is 29.5 Å². The van der Waals surface area contributed by atoms with Crippen molar-refractivity contribution in [3.05, 3.63) is 83.1 Å². The molecule has 7 heteroatoms. The van der Waals surface area contributed by atoms with Crippen LogP contribution in [0.15, 0.2) is 66.7 Å². The van der Waals surface area contributed by atoms with Crippen LogP contribution in [-0.2, 0) is 17.9 Å². The highest BCUT2D eigenvalue weighted by atomic mass is 35.5. The number of halogens is 1. The van der Waals surface area contributed by atoms with E-state index in [0.717, 1.165) is 46.9 Å². The fraction of sp³-hybridized carbons (Fsp3) is 0.200. The van der Waals surface area contributed by atoms with Crippen LogP contribution in [0.5, 0.6) is 5.75 Å². The number of benzene rings is 3. The molecule has 3 aromatic carbocycles. The second kappa shape index (κ2) is 8.55. The maximum absolute atomic E-state index is 12.4. The lowest BCUT2D eigenvalue weighted by Crippen LogP contribution is -2.33. The van der Waals surface area contributed by atoms with Crippen molar-refractivity contribution < 1.29 is 9.53 Å². The molecule has 1 aromatic heterocycles. The summed E-state index contributed by atoms with van der Waals surface area (Å²) in [5, 5.41) is 3.62. The second-order valence-corrected chi connectivity index (χ2v) is 8.37. The topological polar surface area (TPSA) is 59.4 Å². The molecular weight excluding hydrogens is 424 g/mol. The summed E-state index contributed by atoms with van der Waals surface area (Å²) in [5.41, 5.74) is 4.90. The van der Waals surface area contributed by atoms with Gasteiger partial charge >= 0.3 is 0 Å². The summed E-state index contributed by atoms with van der Waals surface area (Å²) in [7, 11) is 0. The number of hydrogen-bond donors (Lipinski definition) is 1. The van der Waals surface area contributed by atoms with E-state index >= 15 is 0 Å². The molecule has 32 heavy (non-hydrogen) atoms. The molecule has 1 aliphatic rings. The minimum Gasteiger partial charge on any atom is -0.484 e. The number of hydrogen-bond acceptors (Lipinski definition) is 4. The van der Waals surface area contributed by atoms with E-state index in [1.165, 1.54) is 0 Å². The largest absolute Gasteiger partial charge is 0.484 e. The molecule has 0 aliphatic carbocycles. The Hall–Kier alpha value is -3.51. The Morgan fingerprint density at radius 1 is 1.09 bits per heavy atom. The van der Waals surface area contributed by atoms with Gasteiger partial charge in [0.05, 0.1) is 17.6 Å². The Bertz CT molecular complexity index is 1300. The number of imidazole rings is 1. The van der Waals surface area contributed by atoms with Crippen LogP contribution in [0.25, 0.3) is 11.0 Å². The van der Waals surface area contributed by atoms with E-state index in [9.17, 15) is 4.79 Å². The van der Waals surface area contributed by atoms with Gasteiger partial charge in [-0.1, -0.05) is 29.8 Å². The van der Waals surface area contributed by atoms with Gasteiger partial charge in [0.1, 0.15) is 11.6 Å². The number of aryl methyl sites for hydroxylation is 1. The highest BCUT2D eigenvalue weighted by Gasteiger charge is 2.20. The van der Waals surface area contributed by atoms with Crippen LogP contribution in [0.2, 0.25) is 5.02 Å². The zero-order valence-electron chi connectivity index (χ0n) is 17.7. The normalized spacial score (nSPS) is 13.1. The van der Waals surface area contributed by atoms with Crippen LogP contribution >= 0.6 is 11.6 Å². The van der Waals surface area contributed by atoms with Crippen LogP contribution in [0, 0.1) is 6.92 Å². The first-order valence-electron chi connectivity index (χ1n) is 10.5. The summed E-state index contributed by atoms with van der Waals surface area (Å²) in [6, 6.07) is 21.4. The van der Waals surface area contributed by atoms with Gasteiger partial charge in [-0.2, -0.15) is 0 Å². The third-order valence-electron chi connectivity index (χ3n) is 5.57. The van der Waals surface area contributed by atoms with E-state index in [2.05, 4.69) is 14.8 Å². The van der Waals surface area contributed by atoms with E-state index in [-0.39, 0.29) is 12.5 Å². The number of carbonyl (C=O) groups is 1. The van der Waals surface area contributed by atoms with Crippen LogP contribution in [0.3, 0.4) is 0 Å². The predicted molar refractivity (Wildman–Crippen MR) is 128 cm³/mol. The van der Waals surface area contributed by atoms with Gasteiger partial charge in [-0.05, 0) is 61.0 Å². The van der Waals surface area contributed by atoms with Gasteiger partial charge in [-0.15, -0.1) is 0 Å². The minimum absolute atomic E-state index is 0.0377. The summed E-state index contributed by atoms with van der Waals surface area (Å²) in [4.78, 5) is 19.4. The molecule has 0 spiro atoms. The van der Waals surface area contributed by atoms with Crippen molar-refractivity contribution in [3.63, 3.8) is 0 Å². The maximum Gasteiger partial charge on any atom is 0.262 e. The Kier molecular flexibility index (Phi) is 5.45. The molecule has 0 atom stereocenters. The van der Waals surface area contributed by atoms with E-state index in [0.29, 0.717) is 17.3 Å². The number of anilines is 2. The Balaban J connectivity index is 1.26. The lowest BCUT2D eigenvalue weighted by atomic mass is 10.2. The molecule has 0 saturated heterocycles. The van der Waals surface area contributed by atoms with Crippen molar-refractivity contribution >= 4 is 39.9 Å². The van der Waals surface area contributed by atoms with Gasteiger partial charge in [-0.25, -0.2) is 4.98 Å². The van der Waals surface area contributed by atoms with Crippen LogP contribution in [0.1, 0.15) is 11.4 Å². The van der Waals surface area contributed by atoms with E-state index < -0.39 is 0 Å². The van der Waals surface area contributed by atoms with Gasteiger partial charge in [0.2, 0.25) is 0 Å². The van der Waals surface area contributed by atoms with Crippen molar-refractivity contribution in [3.8, 4) is 5.75 Å². The third-order valence-corrected chi connectivity index (χ3v) is 5.80. The summed E-state index contributed by atoms with van der Waals surface area (Å²) < 4.78 is 7.85. The lowest BCUT2D eigenvalue weighted by molar-refractivity contribution is -0.118. The van der Waals surface area contributed by atoms with Crippen LogP contribution < -0.4 is 15.0 Å². The molecule has 0 bridgehead atoms. The molecule has 5 rings (SSSR count). The van der Waals surface area contributed by atoms with Gasteiger partial charge in [0.15, 0.2) is 6.61 Å². The quantitative estimate of drug-likeness (QED) is 0.466. The average molecular weight is 447 g/mol. The number of nitrogens with one attached hydrogen (secondary N) is 1. The standard InChI is InChI=1S/C25H23ClN4O2/c1-17-4-2-7-21(12-17)32-16-25(31)27-19-5-3-6-20(14-19)29-10-11-30-23-9-8-18(26)13-22(23)28-24(30)15-29/h2-9,12-14H,10-11,15-16H2,1H3,(H,27,31). The average Bonchev–Trinajstić information content (AvgIpc) is 3.14. The molecule has 6 nitrogen and oxygen atoms in total. The zero-order chi connectivity index (χ0) is 22.1. The second-order valence-electron chi connectivity index (χ2n) is 7.94. The summed E-state index contributed by atoms with van der Waals surface area (Å²) in [6.07, 6.45) is 0. The number of fused-ring (bicyclic) bond motifs is 3. The molecule has 0 radical (unpaired) electrons. The maximum atomic E-state index is 12.4. The highest BCUT2D eigenvalue weighted by molar-refractivity contribution is 6.31. The molecular formula is C25H23ClN4O2. The number of aromatic nitrogens is 2. The van der Waals surface area contributed by atoms with Crippen molar-refractivity contribution in [2.24, 2.45) is 0 Å². The van der Waals surface area contributed by atoms with Crippen LogP contribution in [0.4, 0.5) is 11.4 Å². The molecule has 0 saturated carbocycles. The first-order chi connectivity index (χ1) is 15.5. The van der Waals surface area contributed by atoms with E-state index in [1.54, 1.807) is 0 Å². The number of carbonyl (C=O) groups excluding carboxylic acids is 1. The molecule has 0 fully saturated rings. The number of amides is 1. The fourth-order valence-electron chi connectivity index (χ4n) is 4.05. The monoisotopic (exact) mass is 446 g/mol. The van der Waals surface area contributed by atoms with Crippen molar-refractivity contribution in [1.29, 1.82) is 0 Å². The summed E-state index contributed by atoms with van der Waals surface area (Å²) in [5.74, 6) is 1.50. The van der Waals surface area contributed by atoms with Gasteiger partial charge in [0.25, 0.3) is 5.91 Å². The first kappa shape index (κ1) is 20.4. The van der Waals surface area contributed by atoms with E-state index in [1.807, 2.05) is 73.7 Å². The molecule has 162 valence electrons. The fourth-order valence-corrected chi connectivity index (χ4v) is 4.21. The van der Waals surface area contributed by atoms with Gasteiger partial charge < -0.3 is 19.5 Å². The first-order valence-corrected chi connectivity index (χ1v) is 10.9. The number of ether oxygens (including phenoxy) is 1. The SMILES string of the molecule is Cc1cccc(OCC(=O)Nc2cccc(N3CCn4c(nc5cc(Cl)ccc54)C3)c2)c1. The van der Waals surface area contributed by atoms with Crippen molar-refractivity contribution in [2.45, 2.75) is 20.0 Å². The van der Waals surface area contributed by atoms with E-state index in [4.69, 9.17) is 21.3 Å².